The molecule has 0 fully saturated rings. The first-order chi connectivity index (χ1) is 7.88. The maximum absolute atomic E-state index is 11.4. The first kappa shape index (κ1) is 15.4. The van der Waals surface area contributed by atoms with Crippen LogP contribution < -0.4 is 16.0 Å². The van der Waals surface area contributed by atoms with Crippen LogP contribution in [0.1, 0.15) is 13.3 Å². The van der Waals surface area contributed by atoms with Gasteiger partial charge in [0.1, 0.15) is 0 Å². The molecule has 0 spiro atoms. The number of hydrogen-bond donors (Lipinski definition) is 3. The minimum atomic E-state index is -0.548. The highest BCUT2D eigenvalue weighted by molar-refractivity contribution is 5.96. The zero-order chi connectivity index (χ0) is 13.4. The van der Waals surface area contributed by atoms with Crippen LogP contribution in [0.3, 0.4) is 0 Å². The van der Waals surface area contributed by atoms with Crippen molar-refractivity contribution in [3.63, 3.8) is 0 Å². The maximum Gasteiger partial charge on any atom is 0.321 e. The van der Waals surface area contributed by atoms with E-state index in [-0.39, 0.29) is 5.91 Å². The summed E-state index contributed by atoms with van der Waals surface area (Å²) in [5, 5.41) is 7.28. The van der Waals surface area contributed by atoms with Gasteiger partial charge in [0.15, 0.2) is 0 Å². The summed E-state index contributed by atoms with van der Waals surface area (Å²) in [5.74, 6) is -0.446. The predicted octanol–water partition coefficient (Wildman–Crippen LogP) is -1.10. The van der Waals surface area contributed by atoms with Crippen LogP contribution >= 0.6 is 0 Å². The Kier molecular flexibility index (Phi) is 6.88. The summed E-state index contributed by atoms with van der Waals surface area (Å²) in [5.41, 5.74) is 0. The van der Waals surface area contributed by atoms with Crippen molar-refractivity contribution in [2.24, 2.45) is 0 Å². The lowest BCUT2D eigenvalue weighted by atomic mass is 10.3. The fraction of sp³-hybridized carbons (Fsp3) is 0.700. The molecule has 0 bridgehead atoms. The molecular weight excluding hydrogens is 224 g/mol. The summed E-state index contributed by atoms with van der Waals surface area (Å²) in [7, 11) is 4.77. The quantitative estimate of drug-likeness (QED) is 0.572. The second kappa shape index (κ2) is 7.61. The second-order valence-corrected chi connectivity index (χ2v) is 3.78. The molecular formula is C10H20N4O3. The van der Waals surface area contributed by atoms with Crippen LogP contribution in [0.4, 0.5) is 4.79 Å². The molecule has 0 saturated carbocycles. The Hall–Kier alpha value is -1.63. The SMILES string of the molecule is CNC(=O)NC(=O)C(C)NCCC(=O)N(C)C. The summed E-state index contributed by atoms with van der Waals surface area (Å²) >= 11 is 0. The van der Waals surface area contributed by atoms with E-state index in [0.717, 1.165) is 0 Å². The van der Waals surface area contributed by atoms with Crippen LogP contribution in [0.2, 0.25) is 0 Å². The molecule has 0 aromatic carbocycles. The predicted molar refractivity (Wildman–Crippen MR) is 63.4 cm³/mol. The molecule has 1 atom stereocenters. The molecule has 7 nitrogen and oxygen atoms in total. The second-order valence-electron chi connectivity index (χ2n) is 3.78. The van der Waals surface area contributed by atoms with Crippen molar-refractivity contribution < 1.29 is 14.4 Å². The normalized spacial score (nSPS) is 11.5. The molecule has 4 amide bonds. The van der Waals surface area contributed by atoms with E-state index in [1.165, 1.54) is 11.9 Å². The van der Waals surface area contributed by atoms with Crippen LogP contribution in [0.15, 0.2) is 0 Å². The third-order valence-electron chi connectivity index (χ3n) is 2.15. The van der Waals surface area contributed by atoms with E-state index in [9.17, 15) is 14.4 Å². The smallest absolute Gasteiger partial charge is 0.321 e. The molecule has 0 aliphatic carbocycles. The molecule has 17 heavy (non-hydrogen) atoms. The standard InChI is InChI=1S/C10H20N4O3/c1-7(9(16)13-10(17)11-2)12-6-5-8(15)14(3)4/h7,12H,5-6H2,1-4H3,(H2,11,13,16,17). The number of nitrogens with zero attached hydrogens (tertiary/aromatic N) is 1. The number of amides is 4. The molecule has 98 valence electrons. The van der Waals surface area contributed by atoms with Crippen molar-refractivity contribution in [1.82, 2.24) is 20.9 Å². The molecule has 0 heterocycles. The van der Waals surface area contributed by atoms with Gasteiger partial charge in [0.2, 0.25) is 11.8 Å². The highest BCUT2D eigenvalue weighted by atomic mass is 16.2. The lowest BCUT2D eigenvalue weighted by Crippen LogP contribution is -2.47. The summed E-state index contributed by atoms with van der Waals surface area (Å²) in [6.07, 6.45) is 0.310. The van der Waals surface area contributed by atoms with Crippen molar-refractivity contribution in [1.29, 1.82) is 0 Å². The average Bonchev–Trinajstić information content (AvgIpc) is 2.28. The first-order valence-electron chi connectivity index (χ1n) is 5.34. The number of nitrogens with one attached hydrogen (secondary N) is 3. The van der Waals surface area contributed by atoms with Crippen molar-refractivity contribution in [2.45, 2.75) is 19.4 Å². The van der Waals surface area contributed by atoms with Crippen molar-refractivity contribution >= 4 is 17.8 Å². The van der Waals surface area contributed by atoms with Crippen LogP contribution in [0.25, 0.3) is 0 Å². The monoisotopic (exact) mass is 244 g/mol. The number of carbonyl (C=O) groups excluding carboxylic acids is 3. The molecule has 0 aliphatic rings. The van der Waals surface area contributed by atoms with Crippen LogP contribution in [0, 0.1) is 0 Å². The van der Waals surface area contributed by atoms with Gasteiger partial charge in [-0.1, -0.05) is 0 Å². The third-order valence-corrected chi connectivity index (χ3v) is 2.15. The number of hydrogen-bond acceptors (Lipinski definition) is 4. The van der Waals surface area contributed by atoms with E-state index in [2.05, 4.69) is 16.0 Å². The molecule has 7 heteroatoms. The zero-order valence-electron chi connectivity index (χ0n) is 10.7. The molecule has 0 aromatic heterocycles. The topological polar surface area (TPSA) is 90.5 Å². The molecule has 1 unspecified atom stereocenters. The highest BCUT2D eigenvalue weighted by Gasteiger charge is 2.14. The van der Waals surface area contributed by atoms with Gasteiger partial charge in [0.05, 0.1) is 6.04 Å². The number of rotatable bonds is 5. The lowest BCUT2D eigenvalue weighted by molar-refractivity contribution is -0.129. The third kappa shape index (κ3) is 6.52. The molecule has 0 saturated heterocycles. The molecule has 0 radical (unpaired) electrons. The highest BCUT2D eigenvalue weighted by Crippen LogP contribution is 1.88. The van der Waals surface area contributed by atoms with Gasteiger partial charge < -0.3 is 15.5 Å². The van der Waals surface area contributed by atoms with Crippen molar-refractivity contribution in [3.05, 3.63) is 0 Å². The van der Waals surface area contributed by atoms with E-state index in [1.807, 2.05) is 0 Å². The fourth-order valence-electron chi connectivity index (χ4n) is 0.995. The fourth-order valence-corrected chi connectivity index (χ4v) is 0.995. The Morgan fingerprint density at radius 1 is 1.24 bits per heavy atom. The van der Waals surface area contributed by atoms with Gasteiger partial charge in [-0.2, -0.15) is 0 Å². The van der Waals surface area contributed by atoms with Gasteiger partial charge in [-0.15, -0.1) is 0 Å². The summed E-state index contributed by atoms with van der Waals surface area (Å²) in [4.78, 5) is 35.0. The Labute approximate surface area is 101 Å². The molecule has 3 N–H and O–H groups in total. The van der Waals surface area contributed by atoms with E-state index in [4.69, 9.17) is 0 Å². The van der Waals surface area contributed by atoms with Crippen LogP contribution in [-0.2, 0) is 9.59 Å². The van der Waals surface area contributed by atoms with Gasteiger partial charge in [-0.05, 0) is 6.92 Å². The summed E-state index contributed by atoms with van der Waals surface area (Å²) in [6.45, 7) is 2.01. The van der Waals surface area contributed by atoms with E-state index in [0.29, 0.717) is 13.0 Å². The number of carbonyl (C=O) groups is 3. The van der Waals surface area contributed by atoms with Gasteiger partial charge in [-0.3, -0.25) is 14.9 Å². The van der Waals surface area contributed by atoms with E-state index >= 15 is 0 Å². The summed E-state index contributed by atoms with van der Waals surface area (Å²) < 4.78 is 0. The maximum atomic E-state index is 11.4. The van der Waals surface area contributed by atoms with Gasteiger partial charge in [0.25, 0.3) is 0 Å². The largest absolute Gasteiger partial charge is 0.349 e. The van der Waals surface area contributed by atoms with Crippen molar-refractivity contribution in [2.75, 3.05) is 27.7 Å². The Morgan fingerprint density at radius 3 is 2.29 bits per heavy atom. The Balaban J connectivity index is 3.86. The zero-order valence-corrected chi connectivity index (χ0v) is 10.7. The lowest BCUT2D eigenvalue weighted by Gasteiger charge is -2.14. The average molecular weight is 244 g/mol. The minimum Gasteiger partial charge on any atom is -0.349 e. The summed E-state index contributed by atoms with van der Waals surface area (Å²) in [6, 6.07) is -1.07. The number of urea groups is 1. The number of imide groups is 1. The Bertz CT molecular complexity index is 291. The van der Waals surface area contributed by atoms with Crippen LogP contribution in [0.5, 0.6) is 0 Å². The Morgan fingerprint density at radius 2 is 1.82 bits per heavy atom. The van der Waals surface area contributed by atoms with Crippen LogP contribution in [-0.4, -0.2) is 56.5 Å². The molecule has 0 aromatic rings. The van der Waals surface area contributed by atoms with E-state index < -0.39 is 18.0 Å². The van der Waals surface area contributed by atoms with Crippen molar-refractivity contribution in [3.8, 4) is 0 Å². The molecule has 0 rings (SSSR count). The molecule has 0 aliphatic heterocycles. The van der Waals surface area contributed by atoms with Gasteiger partial charge in [-0.25, -0.2) is 4.79 Å². The van der Waals surface area contributed by atoms with E-state index in [1.54, 1.807) is 21.0 Å². The first-order valence-corrected chi connectivity index (χ1v) is 5.34. The van der Waals surface area contributed by atoms with Gasteiger partial charge >= 0.3 is 6.03 Å². The van der Waals surface area contributed by atoms with Gasteiger partial charge in [0, 0.05) is 34.1 Å². The minimum absolute atomic E-state index is 0.0172.